The third kappa shape index (κ3) is 4.21. The molecule has 1 fully saturated rings. The van der Waals surface area contributed by atoms with Gasteiger partial charge in [0.1, 0.15) is 16.5 Å². The maximum absolute atomic E-state index is 13.9. The molecule has 0 spiro atoms. The summed E-state index contributed by atoms with van der Waals surface area (Å²) in [5.74, 6) is -1.07. The first-order valence-corrected chi connectivity index (χ1v) is 12.1. The Kier molecular flexibility index (Phi) is 5.79. The van der Waals surface area contributed by atoms with E-state index in [1.165, 1.54) is 19.2 Å². The van der Waals surface area contributed by atoms with Crippen LogP contribution in [0.15, 0.2) is 47.4 Å². The highest BCUT2D eigenvalue weighted by molar-refractivity contribution is 7.96. The number of hydrogen-bond donors (Lipinski definition) is 1. The lowest BCUT2D eigenvalue weighted by Gasteiger charge is -2.21. The summed E-state index contributed by atoms with van der Waals surface area (Å²) in [4.78, 5) is -0.0326. The molecule has 6 nitrogen and oxygen atoms in total. The van der Waals surface area contributed by atoms with Crippen LogP contribution in [0, 0.1) is 12.7 Å². The predicted octanol–water partition coefficient (Wildman–Crippen LogP) is 1.87. The lowest BCUT2D eigenvalue weighted by Crippen LogP contribution is -2.43. The van der Waals surface area contributed by atoms with Gasteiger partial charge in [0.15, 0.2) is 19.7 Å². The van der Waals surface area contributed by atoms with Gasteiger partial charge in [-0.3, -0.25) is 0 Å². The Balaban J connectivity index is 1.94. The monoisotopic (exact) mass is 427 g/mol. The molecule has 9 heteroatoms. The van der Waals surface area contributed by atoms with Gasteiger partial charge in [0.2, 0.25) is 0 Å². The molecule has 2 atom stereocenters. The van der Waals surface area contributed by atoms with Crippen LogP contribution in [0.1, 0.15) is 11.1 Å². The second kappa shape index (κ2) is 7.81. The van der Waals surface area contributed by atoms with Gasteiger partial charge >= 0.3 is 0 Å². The molecule has 2 aromatic rings. The number of rotatable bonds is 6. The van der Waals surface area contributed by atoms with Gasteiger partial charge in [-0.1, -0.05) is 24.3 Å². The third-order valence-electron chi connectivity index (χ3n) is 4.84. The van der Waals surface area contributed by atoms with Crippen LogP contribution in [-0.2, 0) is 26.2 Å². The second-order valence-electron chi connectivity index (χ2n) is 6.89. The van der Waals surface area contributed by atoms with E-state index in [0.717, 1.165) is 5.56 Å². The third-order valence-corrected chi connectivity index (χ3v) is 9.01. The minimum Gasteiger partial charge on any atom is -0.495 e. The van der Waals surface area contributed by atoms with Crippen LogP contribution >= 0.6 is 0 Å². The molecule has 0 amide bonds. The van der Waals surface area contributed by atoms with Crippen LogP contribution in [0.25, 0.3) is 0 Å². The van der Waals surface area contributed by atoms with E-state index in [4.69, 9.17) is 4.74 Å². The van der Waals surface area contributed by atoms with Crippen LogP contribution in [-0.4, -0.2) is 46.7 Å². The average Bonchev–Trinajstić information content (AvgIpc) is 2.96. The SMILES string of the molecule is COc1ccc(C)cc1S(=O)(=O)[C@H]1CS(=O)(=O)C[C@@H]1NCc1ccccc1F. The number of ether oxygens (including phenoxy) is 1. The molecule has 0 radical (unpaired) electrons. The summed E-state index contributed by atoms with van der Waals surface area (Å²) in [6.07, 6.45) is 0. The molecular formula is C19H22FNO5S2. The highest BCUT2D eigenvalue weighted by Gasteiger charge is 2.46. The zero-order valence-electron chi connectivity index (χ0n) is 15.6. The van der Waals surface area contributed by atoms with Crippen LogP contribution < -0.4 is 10.1 Å². The number of benzene rings is 2. The number of halogens is 1. The molecule has 0 aromatic heterocycles. The molecule has 1 N–H and O–H groups in total. The van der Waals surface area contributed by atoms with E-state index in [1.807, 2.05) is 0 Å². The number of hydrogen-bond acceptors (Lipinski definition) is 6. The molecule has 1 heterocycles. The van der Waals surface area contributed by atoms with E-state index in [-0.39, 0.29) is 22.9 Å². The van der Waals surface area contributed by atoms with Crippen molar-refractivity contribution in [1.29, 1.82) is 0 Å². The molecule has 1 aliphatic heterocycles. The van der Waals surface area contributed by atoms with Gasteiger partial charge in [0, 0.05) is 18.2 Å². The fraction of sp³-hybridized carbons (Fsp3) is 0.368. The normalized spacial score (nSPS) is 21.5. The highest BCUT2D eigenvalue weighted by Crippen LogP contribution is 2.32. The quantitative estimate of drug-likeness (QED) is 0.757. The summed E-state index contributed by atoms with van der Waals surface area (Å²) in [5, 5.41) is 1.75. The van der Waals surface area contributed by atoms with Crippen LogP contribution in [0.2, 0.25) is 0 Å². The summed E-state index contributed by atoms with van der Waals surface area (Å²) in [6.45, 7) is 1.78. The predicted molar refractivity (Wildman–Crippen MR) is 104 cm³/mol. The van der Waals surface area contributed by atoms with Gasteiger partial charge in [0.25, 0.3) is 0 Å². The molecule has 1 aliphatic rings. The Morgan fingerprint density at radius 1 is 1.18 bits per heavy atom. The van der Waals surface area contributed by atoms with E-state index < -0.39 is 42.5 Å². The first-order chi connectivity index (χ1) is 13.1. The zero-order valence-corrected chi connectivity index (χ0v) is 17.2. The van der Waals surface area contributed by atoms with Crippen molar-refractivity contribution in [3.05, 3.63) is 59.4 Å². The highest BCUT2D eigenvalue weighted by atomic mass is 32.2. The van der Waals surface area contributed by atoms with Gasteiger partial charge in [0.05, 0.1) is 23.9 Å². The molecule has 0 unspecified atom stereocenters. The van der Waals surface area contributed by atoms with E-state index in [9.17, 15) is 21.2 Å². The van der Waals surface area contributed by atoms with Crippen molar-refractivity contribution >= 4 is 19.7 Å². The average molecular weight is 428 g/mol. The number of methoxy groups -OCH3 is 1. The van der Waals surface area contributed by atoms with Crippen molar-refractivity contribution < 1.29 is 26.0 Å². The minimum absolute atomic E-state index is 0.0316. The van der Waals surface area contributed by atoms with Crippen LogP contribution in [0.3, 0.4) is 0 Å². The van der Waals surface area contributed by atoms with Crippen LogP contribution in [0.4, 0.5) is 4.39 Å². The molecule has 0 bridgehead atoms. The molecular weight excluding hydrogens is 405 g/mol. The Hall–Kier alpha value is -1.97. The Morgan fingerprint density at radius 3 is 2.57 bits per heavy atom. The summed E-state index contributed by atoms with van der Waals surface area (Å²) >= 11 is 0. The van der Waals surface area contributed by atoms with Gasteiger partial charge in [-0.05, 0) is 30.7 Å². The summed E-state index contributed by atoms with van der Waals surface area (Å²) in [6, 6.07) is 9.98. The topological polar surface area (TPSA) is 89.5 Å². The van der Waals surface area contributed by atoms with Crippen molar-refractivity contribution in [2.45, 2.75) is 29.7 Å². The summed E-state index contributed by atoms with van der Waals surface area (Å²) in [7, 11) is -6.19. The van der Waals surface area contributed by atoms with Crippen molar-refractivity contribution in [2.75, 3.05) is 18.6 Å². The van der Waals surface area contributed by atoms with E-state index >= 15 is 0 Å². The summed E-state index contributed by atoms with van der Waals surface area (Å²) in [5.41, 5.74) is 1.06. The Morgan fingerprint density at radius 2 is 1.89 bits per heavy atom. The van der Waals surface area contributed by atoms with Crippen molar-refractivity contribution in [3.8, 4) is 5.75 Å². The van der Waals surface area contributed by atoms with Gasteiger partial charge < -0.3 is 10.1 Å². The fourth-order valence-electron chi connectivity index (χ4n) is 3.36. The number of nitrogens with one attached hydrogen (secondary N) is 1. The van der Waals surface area contributed by atoms with Gasteiger partial charge in [-0.15, -0.1) is 0 Å². The molecule has 0 saturated carbocycles. The van der Waals surface area contributed by atoms with E-state index in [1.54, 1.807) is 37.3 Å². The zero-order chi connectivity index (χ0) is 20.5. The fourth-order valence-corrected chi connectivity index (χ4v) is 8.32. The number of aryl methyl sites for hydroxylation is 1. The number of sulfone groups is 2. The van der Waals surface area contributed by atoms with Crippen molar-refractivity contribution in [1.82, 2.24) is 5.32 Å². The lowest BCUT2D eigenvalue weighted by atomic mass is 10.2. The molecule has 28 heavy (non-hydrogen) atoms. The summed E-state index contributed by atoms with van der Waals surface area (Å²) < 4.78 is 70.0. The molecule has 152 valence electrons. The lowest BCUT2D eigenvalue weighted by molar-refractivity contribution is 0.402. The maximum Gasteiger partial charge on any atom is 0.187 e. The van der Waals surface area contributed by atoms with E-state index in [2.05, 4.69) is 5.32 Å². The molecule has 0 aliphatic carbocycles. The van der Waals surface area contributed by atoms with Crippen LogP contribution in [0.5, 0.6) is 5.75 Å². The second-order valence-corrected chi connectivity index (χ2v) is 11.2. The Bertz CT molecular complexity index is 1080. The first kappa shape index (κ1) is 20.8. The first-order valence-electron chi connectivity index (χ1n) is 8.70. The molecule has 3 rings (SSSR count). The Labute approximate surface area is 164 Å². The van der Waals surface area contributed by atoms with Crippen molar-refractivity contribution in [2.24, 2.45) is 0 Å². The standard InChI is InChI=1S/C19H22FNO5S2/c1-13-7-8-17(26-2)18(9-13)28(24,25)19-12-27(22,23)11-16(19)21-10-14-5-3-4-6-15(14)20/h3-9,16,19,21H,10-12H2,1-2H3/t16-,19-/m0/s1. The molecule has 1 saturated heterocycles. The smallest absolute Gasteiger partial charge is 0.187 e. The molecule has 2 aromatic carbocycles. The maximum atomic E-state index is 13.9. The van der Waals surface area contributed by atoms with Gasteiger partial charge in [-0.2, -0.15) is 0 Å². The van der Waals surface area contributed by atoms with E-state index in [0.29, 0.717) is 5.56 Å². The van der Waals surface area contributed by atoms with Gasteiger partial charge in [-0.25, -0.2) is 21.2 Å². The minimum atomic E-state index is -4.00. The largest absolute Gasteiger partial charge is 0.495 e. The van der Waals surface area contributed by atoms with Crippen molar-refractivity contribution in [3.63, 3.8) is 0 Å².